The van der Waals surface area contributed by atoms with Crippen LogP contribution in [0.2, 0.25) is 0 Å². The quantitative estimate of drug-likeness (QED) is 0.804. The van der Waals surface area contributed by atoms with Crippen LogP contribution in [0.25, 0.3) is 0 Å². The van der Waals surface area contributed by atoms with Gasteiger partial charge >= 0.3 is 6.09 Å². The van der Waals surface area contributed by atoms with Crippen molar-refractivity contribution in [2.24, 2.45) is 5.92 Å². The second kappa shape index (κ2) is 7.40. The fourth-order valence-electron chi connectivity index (χ4n) is 2.01. The summed E-state index contributed by atoms with van der Waals surface area (Å²) in [6, 6.07) is 9.10. The number of nitrogens with one attached hydrogen (secondary N) is 2. The molecule has 0 aliphatic heterocycles. The summed E-state index contributed by atoms with van der Waals surface area (Å²) in [6.45, 7) is 4.10. The molecule has 6 heteroatoms. The van der Waals surface area contributed by atoms with Gasteiger partial charge in [0.25, 0.3) is 0 Å². The van der Waals surface area contributed by atoms with Crippen molar-refractivity contribution in [3.63, 3.8) is 0 Å². The Hall–Kier alpha value is -2.63. The van der Waals surface area contributed by atoms with Crippen molar-refractivity contribution in [2.75, 3.05) is 0 Å². The van der Waals surface area contributed by atoms with Crippen molar-refractivity contribution in [3.05, 3.63) is 53.6 Å². The molecule has 0 unspecified atom stereocenters. The van der Waals surface area contributed by atoms with Gasteiger partial charge in [0, 0.05) is 6.20 Å². The number of benzene rings is 1. The van der Waals surface area contributed by atoms with Gasteiger partial charge in [-0.3, -0.25) is 4.79 Å². The van der Waals surface area contributed by atoms with E-state index < -0.39 is 6.09 Å². The number of nitrogens with zero attached hydrogens (tertiary/aromatic N) is 1. The van der Waals surface area contributed by atoms with Gasteiger partial charge in [-0.25, -0.2) is 9.78 Å². The maximum atomic E-state index is 11.9. The molecule has 2 aromatic rings. The van der Waals surface area contributed by atoms with Crippen LogP contribution in [0.1, 0.15) is 41.8 Å². The first-order valence-electron chi connectivity index (χ1n) is 7.08. The lowest BCUT2D eigenvalue weighted by atomic mass is 10.0. The van der Waals surface area contributed by atoms with E-state index >= 15 is 0 Å². The van der Waals surface area contributed by atoms with Crippen molar-refractivity contribution >= 4 is 12.4 Å². The second-order valence-corrected chi connectivity index (χ2v) is 5.26. The molecule has 0 fully saturated rings. The van der Waals surface area contributed by atoms with E-state index in [1.165, 1.54) is 6.20 Å². The van der Waals surface area contributed by atoms with Crippen molar-refractivity contribution in [1.29, 1.82) is 0 Å². The van der Waals surface area contributed by atoms with Crippen LogP contribution >= 0.6 is 0 Å². The molecule has 1 aromatic carbocycles. The van der Waals surface area contributed by atoms with Crippen LogP contribution in [0.3, 0.4) is 0 Å². The van der Waals surface area contributed by atoms with Crippen molar-refractivity contribution < 1.29 is 14.3 Å². The fraction of sp³-hybridized carbons (Fsp3) is 0.312. The van der Waals surface area contributed by atoms with E-state index in [0.29, 0.717) is 17.8 Å². The SMILES string of the molecule is CC(C)[C@H](NC(=O)OCc1ccccc1)c1nc(C=O)c[nH]1. The minimum Gasteiger partial charge on any atom is -0.445 e. The lowest BCUT2D eigenvalue weighted by Gasteiger charge is -2.20. The Morgan fingerprint density at radius 2 is 2.09 bits per heavy atom. The van der Waals surface area contributed by atoms with E-state index in [2.05, 4.69) is 15.3 Å². The van der Waals surface area contributed by atoms with E-state index in [1.807, 2.05) is 44.2 Å². The maximum absolute atomic E-state index is 11.9. The van der Waals surface area contributed by atoms with Gasteiger partial charge in [0.05, 0.1) is 6.04 Å². The Morgan fingerprint density at radius 1 is 1.36 bits per heavy atom. The number of alkyl carbamates (subject to hydrolysis) is 1. The smallest absolute Gasteiger partial charge is 0.408 e. The zero-order valence-electron chi connectivity index (χ0n) is 12.6. The third kappa shape index (κ3) is 4.18. The number of carbonyl (C=O) groups excluding carboxylic acids is 2. The topological polar surface area (TPSA) is 84.1 Å². The lowest BCUT2D eigenvalue weighted by Crippen LogP contribution is -2.33. The number of hydrogen-bond donors (Lipinski definition) is 2. The van der Waals surface area contributed by atoms with Crippen molar-refractivity contribution in [3.8, 4) is 0 Å². The Kier molecular flexibility index (Phi) is 5.30. The highest BCUT2D eigenvalue weighted by atomic mass is 16.5. The number of hydrogen-bond acceptors (Lipinski definition) is 4. The fourth-order valence-corrected chi connectivity index (χ4v) is 2.01. The van der Waals surface area contributed by atoms with Gasteiger partial charge in [-0.15, -0.1) is 0 Å². The Morgan fingerprint density at radius 3 is 2.68 bits per heavy atom. The van der Waals surface area contributed by atoms with Crippen molar-refractivity contribution in [1.82, 2.24) is 15.3 Å². The first kappa shape index (κ1) is 15.8. The van der Waals surface area contributed by atoms with Crippen LogP contribution in [0, 0.1) is 5.92 Å². The van der Waals surface area contributed by atoms with Crippen LogP contribution < -0.4 is 5.32 Å². The number of ether oxygens (including phenoxy) is 1. The third-order valence-electron chi connectivity index (χ3n) is 3.19. The standard InChI is InChI=1S/C16H19N3O3/c1-11(2)14(15-17-8-13(9-20)18-15)19-16(21)22-10-12-6-4-3-5-7-12/h3-9,11,14H,10H2,1-2H3,(H,17,18)(H,19,21)/t14-/m0/s1. The molecule has 1 heterocycles. The summed E-state index contributed by atoms with van der Waals surface area (Å²) in [6.07, 6.45) is 1.64. The summed E-state index contributed by atoms with van der Waals surface area (Å²) < 4.78 is 5.20. The summed E-state index contributed by atoms with van der Waals surface area (Å²) in [4.78, 5) is 29.7. The maximum Gasteiger partial charge on any atom is 0.408 e. The van der Waals surface area contributed by atoms with Gasteiger partial charge in [0.1, 0.15) is 18.1 Å². The molecular formula is C16H19N3O3. The molecule has 0 saturated carbocycles. The van der Waals surface area contributed by atoms with E-state index in [4.69, 9.17) is 4.74 Å². The zero-order valence-corrected chi connectivity index (χ0v) is 12.6. The van der Waals surface area contributed by atoms with Crippen molar-refractivity contribution in [2.45, 2.75) is 26.5 Å². The highest BCUT2D eigenvalue weighted by Gasteiger charge is 2.22. The molecule has 116 valence electrons. The predicted octanol–water partition coefficient (Wildman–Crippen LogP) is 2.85. The molecule has 0 radical (unpaired) electrons. The van der Waals surface area contributed by atoms with Gasteiger partial charge in [-0.2, -0.15) is 0 Å². The molecule has 1 aromatic heterocycles. The Balaban J connectivity index is 1.95. The number of aromatic amines is 1. The van der Waals surface area contributed by atoms with Crippen LogP contribution in [0.5, 0.6) is 0 Å². The molecule has 0 spiro atoms. The number of carbonyl (C=O) groups is 2. The molecule has 0 bridgehead atoms. The molecule has 6 nitrogen and oxygen atoms in total. The number of H-pyrrole nitrogens is 1. The average molecular weight is 301 g/mol. The van der Waals surface area contributed by atoms with Gasteiger partial charge in [-0.1, -0.05) is 44.2 Å². The minimum absolute atomic E-state index is 0.0925. The van der Waals surface area contributed by atoms with Crippen LogP contribution in [0.4, 0.5) is 4.79 Å². The first-order chi connectivity index (χ1) is 10.6. The third-order valence-corrected chi connectivity index (χ3v) is 3.19. The summed E-state index contributed by atoms with van der Waals surface area (Å²) >= 11 is 0. The van der Waals surface area contributed by atoms with Crippen LogP contribution in [-0.2, 0) is 11.3 Å². The lowest BCUT2D eigenvalue weighted by molar-refractivity contribution is 0.111. The van der Waals surface area contributed by atoms with Crippen LogP contribution in [0.15, 0.2) is 36.5 Å². The monoisotopic (exact) mass is 301 g/mol. The molecule has 0 aliphatic rings. The first-order valence-corrected chi connectivity index (χ1v) is 7.08. The molecular weight excluding hydrogens is 282 g/mol. The molecule has 1 atom stereocenters. The van der Waals surface area contributed by atoms with Crippen LogP contribution in [-0.4, -0.2) is 22.3 Å². The zero-order chi connectivity index (χ0) is 15.9. The largest absolute Gasteiger partial charge is 0.445 e. The highest BCUT2D eigenvalue weighted by molar-refractivity contribution is 5.71. The number of rotatable bonds is 6. The van der Waals surface area contributed by atoms with Gasteiger partial charge in [0.2, 0.25) is 0 Å². The molecule has 0 aliphatic carbocycles. The van der Waals surface area contributed by atoms with E-state index in [-0.39, 0.29) is 18.6 Å². The normalized spacial score (nSPS) is 12.0. The summed E-state index contributed by atoms with van der Waals surface area (Å²) in [5, 5.41) is 2.77. The van der Waals surface area contributed by atoms with Gasteiger partial charge in [0.15, 0.2) is 6.29 Å². The molecule has 22 heavy (non-hydrogen) atoms. The number of aldehydes is 1. The average Bonchev–Trinajstić information content (AvgIpc) is 3.00. The Labute approximate surface area is 128 Å². The van der Waals surface area contributed by atoms with E-state index in [1.54, 1.807) is 0 Å². The Bertz CT molecular complexity index is 623. The van der Waals surface area contributed by atoms with Gasteiger partial charge < -0.3 is 15.0 Å². The minimum atomic E-state index is -0.522. The molecule has 2 rings (SSSR count). The summed E-state index contributed by atoms with van der Waals surface area (Å²) in [5.74, 6) is 0.628. The summed E-state index contributed by atoms with van der Waals surface area (Å²) in [7, 11) is 0. The van der Waals surface area contributed by atoms with E-state index in [0.717, 1.165) is 5.56 Å². The molecule has 0 saturated heterocycles. The molecule has 1 amide bonds. The summed E-state index contributed by atoms with van der Waals surface area (Å²) in [5.41, 5.74) is 1.22. The number of aromatic nitrogens is 2. The van der Waals surface area contributed by atoms with E-state index in [9.17, 15) is 9.59 Å². The highest BCUT2D eigenvalue weighted by Crippen LogP contribution is 2.19. The molecule has 2 N–H and O–H groups in total. The predicted molar refractivity (Wildman–Crippen MR) is 81.3 cm³/mol. The number of imidazole rings is 1. The second-order valence-electron chi connectivity index (χ2n) is 5.26. The van der Waals surface area contributed by atoms with Gasteiger partial charge in [-0.05, 0) is 11.5 Å². The number of amides is 1.